The van der Waals surface area contributed by atoms with Gasteiger partial charge in [0.2, 0.25) is 5.89 Å². The highest BCUT2D eigenvalue weighted by Crippen LogP contribution is 2.26. The minimum absolute atomic E-state index is 0.128. The number of hydrogen-bond acceptors (Lipinski definition) is 6. The maximum Gasteiger partial charge on any atom is 0.329 e. The third-order valence-corrected chi connectivity index (χ3v) is 4.27. The van der Waals surface area contributed by atoms with Crippen LogP contribution in [0.3, 0.4) is 0 Å². The number of rotatable bonds is 3. The molecular formula is C11H14N4O3S. The SMILES string of the molecule is Cc1nnc(NS(=O)(=O)c2c(C)ccc(N)c2C)o1. The Balaban J connectivity index is 2.48. The molecule has 2 rings (SSSR count). The number of aromatic nitrogens is 2. The molecule has 0 atom stereocenters. The highest BCUT2D eigenvalue weighted by atomic mass is 32.2. The van der Waals surface area contributed by atoms with E-state index in [9.17, 15) is 8.42 Å². The molecular weight excluding hydrogens is 268 g/mol. The Morgan fingerprint density at radius 2 is 1.89 bits per heavy atom. The van der Waals surface area contributed by atoms with Crippen LogP contribution in [-0.2, 0) is 10.0 Å². The molecule has 7 nitrogen and oxygen atoms in total. The summed E-state index contributed by atoms with van der Waals surface area (Å²) in [6.45, 7) is 4.91. The molecule has 0 aliphatic carbocycles. The summed E-state index contributed by atoms with van der Waals surface area (Å²) < 4.78 is 31.9. The first-order valence-electron chi connectivity index (χ1n) is 5.50. The van der Waals surface area contributed by atoms with Gasteiger partial charge in [0.1, 0.15) is 0 Å². The van der Waals surface area contributed by atoms with Crippen LogP contribution in [0.25, 0.3) is 0 Å². The van der Waals surface area contributed by atoms with Crippen molar-refractivity contribution >= 4 is 21.7 Å². The smallest absolute Gasteiger partial charge is 0.329 e. The summed E-state index contributed by atoms with van der Waals surface area (Å²) in [4.78, 5) is 0.128. The van der Waals surface area contributed by atoms with Crippen molar-refractivity contribution in [3.63, 3.8) is 0 Å². The first kappa shape index (κ1) is 13.3. The van der Waals surface area contributed by atoms with Crippen LogP contribution in [-0.4, -0.2) is 18.6 Å². The normalized spacial score (nSPS) is 11.5. The highest BCUT2D eigenvalue weighted by Gasteiger charge is 2.23. The second-order valence-electron chi connectivity index (χ2n) is 4.16. The van der Waals surface area contributed by atoms with Gasteiger partial charge in [-0.05, 0) is 31.0 Å². The van der Waals surface area contributed by atoms with E-state index in [4.69, 9.17) is 10.2 Å². The third-order valence-electron chi connectivity index (χ3n) is 2.66. The van der Waals surface area contributed by atoms with Gasteiger partial charge >= 0.3 is 6.01 Å². The van der Waals surface area contributed by atoms with E-state index < -0.39 is 10.0 Å². The van der Waals surface area contributed by atoms with Crippen LogP contribution in [0.15, 0.2) is 21.4 Å². The van der Waals surface area contributed by atoms with Crippen molar-refractivity contribution in [2.75, 3.05) is 10.5 Å². The Labute approximate surface area is 110 Å². The maximum absolute atomic E-state index is 12.3. The quantitative estimate of drug-likeness (QED) is 0.823. The zero-order valence-electron chi connectivity index (χ0n) is 10.8. The fraction of sp³-hybridized carbons (Fsp3) is 0.273. The number of sulfonamides is 1. The third kappa shape index (κ3) is 2.53. The lowest BCUT2D eigenvalue weighted by molar-refractivity contribution is 0.534. The molecule has 0 bridgehead atoms. The van der Waals surface area contributed by atoms with Gasteiger partial charge in [-0.15, -0.1) is 5.10 Å². The number of nitrogen functional groups attached to an aromatic ring is 1. The standard InChI is InChI=1S/C11H14N4O3S/c1-6-4-5-9(12)7(2)10(6)19(16,17)15-11-14-13-8(3)18-11/h4-5H,12H2,1-3H3,(H,14,15). The van der Waals surface area contributed by atoms with Gasteiger partial charge in [0.15, 0.2) is 0 Å². The van der Waals surface area contributed by atoms with Crippen LogP contribution in [0.5, 0.6) is 0 Å². The van der Waals surface area contributed by atoms with Gasteiger partial charge in [0.05, 0.1) is 4.90 Å². The summed E-state index contributed by atoms with van der Waals surface area (Å²) in [5.41, 5.74) is 7.23. The number of nitrogens with two attached hydrogens (primary N) is 1. The van der Waals surface area contributed by atoms with E-state index in [2.05, 4.69) is 14.9 Å². The lowest BCUT2D eigenvalue weighted by atomic mass is 10.1. The average molecular weight is 282 g/mol. The van der Waals surface area contributed by atoms with E-state index in [0.29, 0.717) is 16.8 Å². The molecule has 3 N–H and O–H groups in total. The van der Waals surface area contributed by atoms with Crippen molar-refractivity contribution < 1.29 is 12.8 Å². The minimum Gasteiger partial charge on any atom is -0.408 e. The highest BCUT2D eigenvalue weighted by molar-refractivity contribution is 7.92. The monoisotopic (exact) mass is 282 g/mol. The fourth-order valence-electron chi connectivity index (χ4n) is 1.76. The summed E-state index contributed by atoms with van der Waals surface area (Å²) >= 11 is 0. The first-order chi connectivity index (χ1) is 8.81. The van der Waals surface area contributed by atoms with Crippen LogP contribution < -0.4 is 10.5 Å². The molecule has 2 aromatic rings. The summed E-state index contributed by atoms with van der Waals surface area (Å²) in [6, 6.07) is 3.15. The van der Waals surface area contributed by atoms with E-state index in [1.165, 1.54) is 0 Å². The molecule has 0 saturated carbocycles. The second kappa shape index (κ2) is 4.54. The summed E-state index contributed by atoms with van der Waals surface area (Å²) in [5.74, 6) is 0.277. The maximum atomic E-state index is 12.3. The van der Waals surface area contributed by atoms with Crippen LogP contribution in [0, 0.1) is 20.8 Å². The predicted octanol–water partition coefficient (Wildman–Crippen LogP) is 1.38. The molecule has 19 heavy (non-hydrogen) atoms. The van der Waals surface area contributed by atoms with Crippen molar-refractivity contribution in [3.05, 3.63) is 29.2 Å². The topological polar surface area (TPSA) is 111 Å². The molecule has 8 heteroatoms. The second-order valence-corrected chi connectivity index (χ2v) is 5.78. The minimum atomic E-state index is -3.81. The van der Waals surface area contributed by atoms with Crippen molar-refractivity contribution in [2.24, 2.45) is 0 Å². The van der Waals surface area contributed by atoms with Crippen LogP contribution in [0.1, 0.15) is 17.0 Å². The van der Waals surface area contributed by atoms with Gasteiger partial charge in [-0.3, -0.25) is 0 Å². The van der Waals surface area contributed by atoms with E-state index >= 15 is 0 Å². The van der Waals surface area contributed by atoms with Gasteiger partial charge in [-0.2, -0.15) is 0 Å². The molecule has 1 aromatic heterocycles. The molecule has 1 heterocycles. The number of nitrogens with one attached hydrogen (secondary N) is 1. The lowest BCUT2D eigenvalue weighted by Crippen LogP contribution is -2.16. The summed E-state index contributed by atoms with van der Waals surface area (Å²) in [6.07, 6.45) is 0. The molecule has 0 unspecified atom stereocenters. The van der Waals surface area contributed by atoms with E-state index in [1.54, 1.807) is 32.9 Å². The molecule has 0 fully saturated rings. The van der Waals surface area contributed by atoms with Crippen molar-refractivity contribution in [2.45, 2.75) is 25.7 Å². The number of benzene rings is 1. The Bertz CT molecular complexity index is 722. The zero-order valence-corrected chi connectivity index (χ0v) is 11.6. The number of hydrogen-bond donors (Lipinski definition) is 2. The lowest BCUT2D eigenvalue weighted by Gasteiger charge is -2.12. The molecule has 0 aliphatic rings. The molecule has 1 aromatic carbocycles. The van der Waals surface area contributed by atoms with Crippen LogP contribution in [0.4, 0.5) is 11.7 Å². The Morgan fingerprint density at radius 1 is 1.21 bits per heavy atom. The van der Waals surface area contributed by atoms with Gasteiger partial charge in [-0.25, -0.2) is 13.1 Å². The molecule has 0 radical (unpaired) electrons. The Morgan fingerprint density at radius 3 is 2.47 bits per heavy atom. The molecule has 102 valence electrons. The first-order valence-corrected chi connectivity index (χ1v) is 6.98. The van der Waals surface area contributed by atoms with E-state index in [0.717, 1.165) is 0 Å². The Kier molecular flexibility index (Phi) is 3.19. The summed E-state index contributed by atoms with van der Waals surface area (Å²) in [5, 5.41) is 7.16. The number of aryl methyl sites for hydroxylation is 2. The van der Waals surface area contributed by atoms with E-state index in [1.807, 2.05) is 0 Å². The van der Waals surface area contributed by atoms with Gasteiger partial charge in [0, 0.05) is 12.6 Å². The van der Waals surface area contributed by atoms with Crippen molar-refractivity contribution in [1.82, 2.24) is 10.2 Å². The zero-order chi connectivity index (χ0) is 14.2. The Hall–Kier alpha value is -2.09. The van der Waals surface area contributed by atoms with Crippen molar-refractivity contribution in [3.8, 4) is 0 Å². The molecule has 0 aliphatic heterocycles. The average Bonchev–Trinajstić information content (AvgIpc) is 2.68. The van der Waals surface area contributed by atoms with Gasteiger partial charge in [-0.1, -0.05) is 11.2 Å². The number of anilines is 2. The van der Waals surface area contributed by atoms with Crippen LogP contribution >= 0.6 is 0 Å². The van der Waals surface area contributed by atoms with Gasteiger partial charge < -0.3 is 10.2 Å². The fourth-order valence-corrected chi connectivity index (χ4v) is 3.19. The number of nitrogens with zero attached hydrogens (tertiary/aromatic N) is 2. The van der Waals surface area contributed by atoms with Crippen LogP contribution in [0.2, 0.25) is 0 Å². The molecule has 0 amide bonds. The van der Waals surface area contributed by atoms with E-state index in [-0.39, 0.29) is 16.8 Å². The molecule has 0 spiro atoms. The molecule has 0 saturated heterocycles. The van der Waals surface area contributed by atoms with Crippen molar-refractivity contribution in [1.29, 1.82) is 0 Å². The predicted molar refractivity (Wildman–Crippen MR) is 70.2 cm³/mol. The largest absolute Gasteiger partial charge is 0.408 e. The van der Waals surface area contributed by atoms with Gasteiger partial charge in [0.25, 0.3) is 10.0 Å². The summed E-state index contributed by atoms with van der Waals surface area (Å²) in [7, 11) is -3.81.